The molecule has 12 heavy (non-hydrogen) atoms. The fourth-order valence-corrected chi connectivity index (χ4v) is 1.43. The SMILES string of the molecule is CCCC1OC(OC)[C@H](O)[C@@H]1O. The highest BCUT2D eigenvalue weighted by atomic mass is 16.7. The highest BCUT2D eigenvalue weighted by molar-refractivity contribution is 4.85. The molecule has 1 saturated heterocycles. The van der Waals surface area contributed by atoms with Crippen LogP contribution in [0, 0.1) is 0 Å². The van der Waals surface area contributed by atoms with Crippen LogP contribution in [0.5, 0.6) is 0 Å². The maximum absolute atomic E-state index is 9.44. The molecule has 0 aromatic heterocycles. The first-order valence-electron chi connectivity index (χ1n) is 4.25. The molecule has 1 aliphatic rings. The second kappa shape index (κ2) is 4.18. The van der Waals surface area contributed by atoms with Gasteiger partial charge in [0.25, 0.3) is 0 Å². The summed E-state index contributed by atoms with van der Waals surface area (Å²) in [7, 11) is 1.45. The molecule has 1 heterocycles. The van der Waals surface area contributed by atoms with Crippen LogP contribution in [-0.4, -0.2) is 41.9 Å². The second-order valence-electron chi connectivity index (χ2n) is 3.05. The molecule has 0 aromatic rings. The standard InChI is InChI=1S/C8H16O4/c1-3-4-5-6(9)7(10)8(11-2)12-5/h5-10H,3-4H2,1-2H3/t5?,6-,7-,8?/m1/s1. The van der Waals surface area contributed by atoms with E-state index in [1.807, 2.05) is 6.92 Å². The lowest BCUT2D eigenvalue weighted by Crippen LogP contribution is -2.33. The van der Waals surface area contributed by atoms with Gasteiger partial charge >= 0.3 is 0 Å². The number of ether oxygens (including phenoxy) is 2. The molecule has 1 aliphatic heterocycles. The molecule has 0 aliphatic carbocycles. The van der Waals surface area contributed by atoms with Gasteiger partial charge in [0.05, 0.1) is 6.10 Å². The van der Waals surface area contributed by atoms with E-state index in [4.69, 9.17) is 9.47 Å². The summed E-state index contributed by atoms with van der Waals surface area (Å²) in [5.74, 6) is 0. The van der Waals surface area contributed by atoms with Gasteiger partial charge in [0.2, 0.25) is 0 Å². The Morgan fingerprint density at radius 1 is 1.33 bits per heavy atom. The highest BCUT2D eigenvalue weighted by Crippen LogP contribution is 2.24. The van der Waals surface area contributed by atoms with Gasteiger partial charge in [-0.3, -0.25) is 0 Å². The Balaban J connectivity index is 2.48. The summed E-state index contributed by atoms with van der Waals surface area (Å²) in [6.07, 6.45) is -1.00. The van der Waals surface area contributed by atoms with Crippen LogP contribution in [0.3, 0.4) is 0 Å². The van der Waals surface area contributed by atoms with E-state index in [-0.39, 0.29) is 6.10 Å². The van der Waals surface area contributed by atoms with E-state index in [0.717, 1.165) is 12.8 Å². The lowest BCUT2D eigenvalue weighted by Gasteiger charge is -2.11. The molecule has 0 spiro atoms. The Kier molecular flexibility index (Phi) is 3.46. The largest absolute Gasteiger partial charge is 0.387 e. The first-order valence-corrected chi connectivity index (χ1v) is 4.25. The van der Waals surface area contributed by atoms with Crippen LogP contribution in [0.25, 0.3) is 0 Å². The number of aliphatic hydroxyl groups excluding tert-OH is 2. The van der Waals surface area contributed by atoms with Gasteiger partial charge in [-0.2, -0.15) is 0 Å². The van der Waals surface area contributed by atoms with Gasteiger partial charge in [-0.1, -0.05) is 13.3 Å². The average molecular weight is 176 g/mol. The summed E-state index contributed by atoms with van der Waals surface area (Å²) in [6.45, 7) is 2.00. The molecule has 4 heteroatoms. The summed E-state index contributed by atoms with van der Waals surface area (Å²) in [6, 6.07) is 0. The zero-order chi connectivity index (χ0) is 9.14. The zero-order valence-corrected chi connectivity index (χ0v) is 7.43. The summed E-state index contributed by atoms with van der Waals surface area (Å²) < 4.78 is 10.1. The van der Waals surface area contributed by atoms with Crippen molar-refractivity contribution in [2.24, 2.45) is 0 Å². The minimum absolute atomic E-state index is 0.282. The maximum atomic E-state index is 9.44. The molecule has 0 amide bonds. The van der Waals surface area contributed by atoms with Gasteiger partial charge in [-0.15, -0.1) is 0 Å². The Labute approximate surface area is 72.1 Å². The normalized spacial score (nSPS) is 42.0. The average Bonchev–Trinajstić information content (AvgIpc) is 2.33. The third kappa shape index (κ3) is 1.77. The van der Waals surface area contributed by atoms with Gasteiger partial charge in [0.1, 0.15) is 12.2 Å². The Morgan fingerprint density at radius 3 is 2.42 bits per heavy atom. The van der Waals surface area contributed by atoms with Gasteiger partial charge in [-0.25, -0.2) is 0 Å². The Morgan fingerprint density at radius 2 is 2.00 bits per heavy atom. The fourth-order valence-electron chi connectivity index (χ4n) is 1.43. The van der Waals surface area contributed by atoms with Crippen LogP contribution in [0.1, 0.15) is 19.8 Å². The fraction of sp³-hybridized carbons (Fsp3) is 1.00. The molecule has 72 valence electrons. The quantitative estimate of drug-likeness (QED) is 0.629. The molecular weight excluding hydrogens is 160 g/mol. The van der Waals surface area contributed by atoms with Crippen molar-refractivity contribution in [1.29, 1.82) is 0 Å². The van der Waals surface area contributed by atoms with Crippen LogP contribution in [0.15, 0.2) is 0 Å². The Bertz CT molecular complexity index is 139. The number of hydrogen-bond donors (Lipinski definition) is 2. The topological polar surface area (TPSA) is 58.9 Å². The van der Waals surface area contributed by atoms with Crippen LogP contribution in [0.2, 0.25) is 0 Å². The number of rotatable bonds is 3. The summed E-state index contributed by atoms with van der Waals surface area (Å²) in [4.78, 5) is 0. The number of hydrogen-bond acceptors (Lipinski definition) is 4. The first-order chi connectivity index (χ1) is 5.70. The van der Waals surface area contributed by atoms with Gasteiger partial charge in [0.15, 0.2) is 6.29 Å². The van der Waals surface area contributed by atoms with E-state index in [1.54, 1.807) is 0 Å². The lowest BCUT2D eigenvalue weighted by molar-refractivity contribution is -0.149. The minimum atomic E-state index is -0.911. The van der Waals surface area contributed by atoms with Crippen molar-refractivity contribution in [3.8, 4) is 0 Å². The predicted octanol–water partition coefficient (Wildman–Crippen LogP) is -0.120. The number of methoxy groups -OCH3 is 1. The highest BCUT2D eigenvalue weighted by Gasteiger charge is 2.42. The lowest BCUT2D eigenvalue weighted by atomic mass is 10.1. The second-order valence-corrected chi connectivity index (χ2v) is 3.05. The first kappa shape index (κ1) is 9.92. The smallest absolute Gasteiger partial charge is 0.186 e. The Hall–Kier alpha value is -0.160. The molecule has 4 nitrogen and oxygen atoms in total. The van der Waals surface area contributed by atoms with Crippen LogP contribution < -0.4 is 0 Å². The zero-order valence-electron chi connectivity index (χ0n) is 7.43. The van der Waals surface area contributed by atoms with Gasteiger partial charge in [-0.05, 0) is 6.42 Å². The van der Waals surface area contributed by atoms with E-state index in [1.165, 1.54) is 7.11 Å². The number of aliphatic hydroxyl groups is 2. The molecule has 4 atom stereocenters. The minimum Gasteiger partial charge on any atom is -0.387 e. The third-order valence-corrected chi connectivity index (χ3v) is 2.12. The van der Waals surface area contributed by atoms with Crippen molar-refractivity contribution in [2.45, 2.75) is 44.4 Å². The van der Waals surface area contributed by atoms with E-state index < -0.39 is 18.5 Å². The van der Waals surface area contributed by atoms with Crippen molar-refractivity contribution < 1.29 is 19.7 Å². The van der Waals surface area contributed by atoms with Crippen LogP contribution in [-0.2, 0) is 9.47 Å². The molecular formula is C8H16O4. The van der Waals surface area contributed by atoms with Crippen LogP contribution in [0.4, 0.5) is 0 Å². The third-order valence-electron chi connectivity index (χ3n) is 2.12. The van der Waals surface area contributed by atoms with Crippen molar-refractivity contribution in [2.75, 3.05) is 7.11 Å². The van der Waals surface area contributed by atoms with Gasteiger partial charge in [0, 0.05) is 7.11 Å². The van der Waals surface area contributed by atoms with Crippen molar-refractivity contribution in [3.63, 3.8) is 0 Å². The molecule has 2 unspecified atom stereocenters. The van der Waals surface area contributed by atoms with E-state index in [9.17, 15) is 10.2 Å². The molecule has 0 saturated carbocycles. The van der Waals surface area contributed by atoms with E-state index in [2.05, 4.69) is 0 Å². The predicted molar refractivity (Wildman–Crippen MR) is 42.6 cm³/mol. The molecule has 1 rings (SSSR count). The van der Waals surface area contributed by atoms with Crippen molar-refractivity contribution in [1.82, 2.24) is 0 Å². The molecule has 1 fully saturated rings. The molecule has 0 aromatic carbocycles. The molecule has 0 bridgehead atoms. The molecule has 2 N–H and O–H groups in total. The molecule has 0 radical (unpaired) electrons. The van der Waals surface area contributed by atoms with Gasteiger partial charge < -0.3 is 19.7 Å². The summed E-state index contributed by atoms with van der Waals surface area (Å²) in [5, 5.41) is 18.8. The van der Waals surface area contributed by atoms with E-state index >= 15 is 0 Å². The van der Waals surface area contributed by atoms with Crippen LogP contribution >= 0.6 is 0 Å². The summed E-state index contributed by atoms with van der Waals surface area (Å²) in [5.41, 5.74) is 0. The van der Waals surface area contributed by atoms with E-state index in [0.29, 0.717) is 0 Å². The monoisotopic (exact) mass is 176 g/mol. The summed E-state index contributed by atoms with van der Waals surface area (Å²) >= 11 is 0. The van der Waals surface area contributed by atoms with Crippen molar-refractivity contribution >= 4 is 0 Å². The van der Waals surface area contributed by atoms with Crippen molar-refractivity contribution in [3.05, 3.63) is 0 Å². The maximum Gasteiger partial charge on any atom is 0.186 e.